The molecule has 9 heteroatoms. The van der Waals surface area contributed by atoms with Gasteiger partial charge in [-0.2, -0.15) is 5.10 Å². The molecule has 0 atom stereocenters. The minimum atomic E-state index is -0.361. The number of fused-ring (bicyclic) bond motifs is 1. The predicted molar refractivity (Wildman–Crippen MR) is 118 cm³/mol. The van der Waals surface area contributed by atoms with Crippen LogP contribution in [0.25, 0.3) is 16.9 Å². The van der Waals surface area contributed by atoms with E-state index in [2.05, 4.69) is 31.0 Å². The van der Waals surface area contributed by atoms with Crippen molar-refractivity contribution < 1.29 is 14.3 Å². The van der Waals surface area contributed by atoms with Crippen LogP contribution >= 0.6 is 15.9 Å². The highest BCUT2D eigenvalue weighted by Crippen LogP contribution is 2.21. The van der Waals surface area contributed by atoms with Crippen molar-refractivity contribution in [1.29, 1.82) is 0 Å². The zero-order valence-corrected chi connectivity index (χ0v) is 19.2. The van der Waals surface area contributed by atoms with Gasteiger partial charge in [0.1, 0.15) is 11.4 Å². The maximum atomic E-state index is 11.4. The van der Waals surface area contributed by atoms with Gasteiger partial charge in [-0.1, -0.05) is 0 Å². The average molecular weight is 476 g/mol. The number of hydrogen-bond donors (Lipinski definition) is 0. The van der Waals surface area contributed by atoms with Crippen molar-refractivity contribution in [1.82, 2.24) is 24.5 Å². The lowest BCUT2D eigenvalue weighted by Gasteiger charge is -2.23. The summed E-state index contributed by atoms with van der Waals surface area (Å²) in [6, 6.07) is 3.76. The van der Waals surface area contributed by atoms with Gasteiger partial charge < -0.3 is 14.4 Å². The van der Waals surface area contributed by atoms with E-state index in [-0.39, 0.29) is 11.7 Å². The van der Waals surface area contributed by atoms with Crippen LogP contribution in [0.2, 0.25) is 0 Å². The molecule has 160 valence electrons. The number of halogens is 1. The molecule has 0 N–H and O–H groups in total. The molecule has 4 rings (SSSR count). The normalized spacial score (nSPS) is 13.7. The molecule has 0 unspecified atom stereocenters. The van der Waals surface area contributed by atoms with Gasteiger partial charge in [0.25, 0.3) is 0 Å². The van der Waals surface area contributed by atoms with Crippen molar-refractivity contribution >= 4 is 27.7 Å². The number of ether oxygens (including phenoxy) is 2. The first-order valence-electron chi connectivity index (χ1n) is 9.74. The Morgan fingerprint density at radius 2 is 1.83 bits per heavy atom. The number of carbonyl (C=O) groups excluding carboxylic acids is 1. The second kappa shape index (κ2) is 9.42. The zero-order chi connectivity index (χ0) is 21.7. The van der Waals surface area contributed by atoms with Gasteiger partial charge in [0.2, 0.25) is 0 Å². The van der Waals surface area contributed by atoms with Gasteiger partial charge in [-0.15, -0.1) is 0 Å². The lowest BCUT2D eigenvalue weighted by atomic mass is 10.2. The number of amides is 1. The van der Waals surface area contributed by atoms with Gasteiger partial charge >= 0.3 is 6.09 Å². The van der Waals surface area contributed by atoms with Gasteiger partial charge in [-0.25, -0.2) is 14.3 Å². The highest BCUT2D eigenvalue weighted by Gasteiger charge is 2.23. The number of nitrogens with zero attached hydrogens (tertiary/aromatic N) is 5. The SMILES string of the molecule is CC(C)(C)OC(=O)N1CCCC1.COc1ccc(-c2cnc3c(Br)cnn3c2)nc1. The molecule has 1 amide bonds. The fourth-order valence-electron chi connectivity index (χ4n) is 2.88. The van der Waals surface area contributed by atoms with Gasteiger partial charge in [-0.3, -0.25) is 4.98 Å². The fourth-order valence-corrected chi connectivity index (χ4v) is 3.25. The Labute approximate surface area is 184 Å². The Bertz CT molecular complexity index is 992. The Morgan fingerprint density at radius 3 is 2.43 bits per heavy atom. The van der Waals surface area contributed by atoms with Crippen LogP contribution in [-0.2, 0) is 4.74 Å². The second-order valence-corrected chi connectivity index (χ2v) is 8.72. The van der Waals surface area contributed by atoms with Gasteiger partial charge in [-0.05, 0) is 61.7 Å². The van der Waals surface area contributed by atoms with Crippen LogP contribution in [0.4, 0.5) is 4.79 Å². The number of hydrogen-bond acceptors (Lipinski definition) is 6. The Kier molecular flexibility index (Phi) is 6.91. The number of methoxy groups -OCH3 is 1. The first-order chi connectivity index (χ1) is 14.3. The van der Waals surface area contributed by atoms with Crippen LogP contribution in [-0.4, -0.2) is 56.4 Å². The van der Waals surface area contributed by atoms with E-state index in [0.717, 1.165) is 53.1 Å². The van der Waals surface area contributed by atoms with Crippen LogP contribution in [0.3, 0.4) is 0 Å². The summed E-state index contributed by atoms with van der Waals surface area (Å²) in [4.78, 5) is 21.8. The third-order valence-corrected chi connectivity index (χ3v) is 4.90. The van der Waals surface area contributed by atoms with Crippen molar-refractivity contribution in [2.24, 2.45) is 0 Å². The van der Waals surface area contributed by atoms with E-state index in [9.17, 15) is 4.79 Å². The standard InChI is InChI=1S/C12H9BrN4O.C9H17NO2/c1-18-9-2-3-11(14-5-9)8-4-15-12-10(13)6-16-17(12)7-8;1-9(2,3)12-8(11)10-6-4-5-7-10/h2-7H,1H3;4-7H2,1-3H3. The molecule has 8 nitrogen and oxygen atoms in total. The molecule has 0 bridgehead atoms. The smallest absolute Gasteiger partial charge is 0.410 e. The highest BCUT2D eigenvalue weighted by atomic mass is 79.9. The third-order valence-electron chi connectivity index (χ3n) is 4.34. The van der Waals surface area contributed by atoms with E-state index in [0.29, 0.717) is 0 Å². The summed E-state index contributed by atoms with van der Waals surface area (Å²) in [5, 5.41) is 4.19. The molecule has 0 spiro atoms. The molecule has 3 aromatic heterocycles. The number of rotatable bonds is 2. The Morgan fingerprint density at radius 1 is 1.10 bits per heavy atom. The minimum Gasteiger partial charge on any atom is -0.495 e. The lowest BCUT2D eigenvalue weighted by Crippen LogP contribution is -2.34. The number of pyridine rings is 1. The van der Waals surface area contributed by atoms with Crippen LogP contribution in [0.1, 0.15) is 33.6 Å². The molecule has 30 heavy (non-hydrogen) atoms. The largest absolute Gasteiger partial charge is 0.495 e. The fraction of sp³-hybridized carbons (Fsp3) is 0.429. The molecule has 0 aromatic carbocycles. The molecule has 0 radical (unpaired) electrons. The van der Waals surface area contributed by atoms with Crippen LogP contribution in [0, 0.1) is 0 Å². The Hall–Kier alpha value is -2.68. The van der Waals surface area contributed by atoms with E-state index in [4.69, 9.17) is 9.47 Å². The summed E-state index contributed by atoms with van der Waals surface area (Å²) in [5.74, 6) is 0.731. The van der Waals surface area contributed by atoms with Gasteiger partial charge in [0, 0.05) is 31.0 Å². The number of carbonyl (C=O) groups is 1. The van der Waals surface area contributed by atoms with E-state index in [1.807, 2.05) is 39.1 Å². The van der Waals surface area contributed by atoms with Crippen molar-refractivity contribution in [3.8, 4) is 17.0 Å². The molecular formula is C21H26BrN5O3. The van der Waals surface area contributed by atoms with E-state index >= 15 is 0 Å². The zero-order valence-electron chi connectivity index (χ0n) is 17.6. The summed E-state index contributed by atoms with van der Waals surface area (Å²) in [6.45, 7) is 7.38. The quantitative estimate of drug-likeness (QED) is 0.539. The second-order valence-electron chi connectivity index (χ2n) is 7.86. The minimum absolute atomic E-state index is 0.167. The van der Waals surface area contributed by atoms with Crippen molar-refractivity contribution in [3.63, 3.8) is 0 Å². The summed E-state index contributed by atoms with van der Waals surface area (Å²) in [7, 11) is 1.62. The summed E-state index contributed by atoms with van der Waals surface area (Å²) < 4.78 is 12.9. The van der Waals surface area contributed by atoms with Crippen LogP contribution in [0.5, 0.6) is 5.75 Å². The topological polar surface area (TPSA) is 81.8 Å². The predicted octanol–water partition coefficient (Wildman–Crippen LogP) is 4.58. The highest BCUT2D eigenvalue weighted by molar-refractivity contribution is 9.10. The third kappa shape index (κ3) is 5.69. The molecular weight excluding hydrogens is 450 g/mol. The molecule has 1 aliphatic heterocycles. The van der Waals surface area contributed by atoms with Crippen LogP contribution in [0.15, 0.2) is 41.4 Å². The number of likely N-dealkylation sites (tertiary alicyclic amines) is 1. The Balaban J connectivity index is 0.000000187. The molecule has 3 aromatic rings. The van der Waals surface area contributed by atoms with Crippen LogP contribution < -0.4 is 4.74 Å². The summed E-state index contributed by atoms with van der Waals surface area (Å²) in [6.07, 6.45) is 9.11. The molecule has 1 aliphatic rings. The summed E-state index contributed by atoms with van der Waals surface area (Å²) in [5.41, 5.74) is 2.16. The molecule has 1 fully saturated rings. The van der Waals surface area contributed by atoms with Gasteiger partial charge in [0.05, 0.1) is 29.7 Å². The van der Waals surface area contributed by atoms with Crippen molar-refractivity contribution in [2.45, 2.75) is 39.2 Å². The molecule has 0 aliphatic carbocycles. The van der Waals surface area contributed by atoms with E-state index in [1.54, 1.807) is 35.1 Å². The first kappa shape index (κ1) is 22.0. The van der Waals surface area contributed by atoms with E-state index in [1.165, 1.54) is 0 Å². The molecule has 1 saturated heterocycles. The monoisotopic (exact) mass is 475 g/mol. The van der Waals surface area contributed by atoms with Gasteiger partial charge in [0.15, 0.2) is 5.65 Å². The molecule has 0 saturated carbocycles. The molecule has 4 heterocycles. The first-order valence-corrected chi connectivity index (χ1v) is 10.5. The lowest BCUT2D eigenvalue weighted by molar-refractivity contribution is 0.0295. The number of aromatic nitrogens is 4. The maximum Gasteiger partial charge on any atom is 0.410 e. The summed E-state index contributed by atoms with van der Waals surface area (Å²) >= 11 is 3.39. The van der Waals surface area contributed by atoms with Crippen molar-refractivity contribution in [2.75, 3.05) is 20.2 Å². The average Bonchev–Trinajstić information content (AvgIpc) is 3.38. The van der Waals surface area contributed by atoms with Crippen molar-refractivity contribution in [3.05, 3.63) is 41.4 Å². The maximum absolute atomic E-state index is 11.4. The van der Waals surface area contributed by atoms with E-state index < -0.39 is 0 Å².